The third-order valence-electron chi connectivity index (χ3n) is 8.43. The van der Waals surface area contributed by atoms with Crippen molar-refractivity contribution in [1.82, 2.24) is 0 Å². The number of halogens is 2. The number of amides is 2. The van der Waals surface area contributed by atoms with Gasteiger partial charge in [0, 0.05) is 0 Å². The number of anilines is 1. The second-order valence-electron chi connectivity index (χ2n) is 10.6. The van der Waals surface area contributed by atoms with E-state index in [1.165, 1.54) is 17.7 Å². The van der Waals surface area contributed by atoms with Gasteiger partial charge < -0.3 is 4.74 Å². The molecule has 3 aliphatic carbocycles. The van der Waals surface area contributed by atoms with Crippen molar-refractivity contribution in [3.05, 3.63) is 101 Å². The van der Waals surface area contributed by atoms with Gasteiger partial charge in [-0.25, -0.2) is 9.69 Å². The van der Waals surface area contributed by atoms with E-state index in [1.54, 1.807) is 24.3 Å². The van der Waals surface area contributed by atoms with Crippen LogP contribution in [-0.4, -0.2) is 24.4 Å². The first-order chi connectivity index (χ1) is 18.8. The molecule has 0 N–H and O–H groups in total. The maximum absolute atomic E-state index is 14.1. The molecule has 200 valence electrons. The standard InChI is InChI=1S/C32H29Br2NO4/c1-2-3-4-5-10-19-39-30(38)20-15-17-21(18-16-20)35-28(36)26-27(29(35)37)32(34)23-12-7-6-11-22(23)31(26,33)24-13-8-9-14-25(24)32/h6-9,11-18,26-27H,2-5,10,19H2,1H3/t26-,27-,31?,32?/m1/s1. The lowest BCUT2D eigenvalue weighted by atomic mass is 9.54. The van der Waals surface area contributed by atoms with Crippen molar-refractivity contribution in [3.63, 3.8) is 0 Å². The summed E-state index contributed by atoms with van der Waals surface area (Å²) in [4.78, 5) is 42.1. The number of alkyl halides is 2. The van der Waals surface area contributed by atoms with Crippen LogP contribution in [0.1, 0.15) is 71.6 Å². The Hall–Kier alpha value is -2.77. The van der Waals surface area contributed by atoms with Gasteiger partial charge in [-0.1, -0.05) is 113 Å². The summed E-state index contributed by atoms with van der Waals surface area (Å²) >= 11 is 8.04. The van der Waals surface area contributed by atoms with E-state index in [-0.39, 0.29) is 11.8 Å². The summed E-state index contributed by atoms with van der Waals surface area (Å²) in [6, 6.07) is 22.6. The second kappa shape index (κ2) is 10.0. The Morgan fingerprint density at radius 2 is 1.21 bits per heavy atom. The predicted octanol–water partition coefficient (Wildman–Crippen LogP) is 7.22. The van der Waals surface area contributed by atoms with E-state index in [1.807, 2.05) is 48.5 Å². The maximum atomic E-state index is 14.1. The Kier molecular flexibility index (Phi) is 6.79. The quantitative estimate of drug-likeness (QED) is 0.112. The van der Waals surface area contributed by atoms with Gasteiger partial charge in [0.2, 0.25) is 11.8 Å². The van der Waals surface area contributed by atoms with E-state index >= 15 is 0 Å². The first-order valence-electron chi connectivity index (χ1n) is 13.6. The molecule has 0 spiro atoms. The van der Waals surface area contributed by atoms with Gasteiger partial charge in [0.25, 0.3) is 0 Å². The fraction of sp³-hybridized carbons (Fsp3) is 0.344. The summed E-state index contributed by atoms with van der Waals surface area (Å²) in [7, 11) is 0. The monoisotopic (exact) mass is 649 g/mol. The molecule has 7 heteroatoms. The number of imide groups is 1. The molecule has 2 atom stereocenters. The zero-order valence-corrected chi connectivity index (χ0v) is 24.8. The van der Waals surface area contributed by atoms with Crippen molar-refractivity contribution in [3.8, 4) is 0 Å². The highest BCUT2D eigenvalue weighted by molar-refractivity contribution is 9.10. The van der Waals surface area contributed by atoms with Crippen LogP contribution in [-0.2, 0) is 23.0 Å². The zero-order valence-electron chi connectivity index (χ0n) is 21.7. The van der Waals surface area contributed by atoms with Crippen LogP contribution in [0.5, 0.6) is 0 Å². The van der Waals surface area contributed by atoms with Crippen LogP contribution in [0.4, 0.5) is 5.69 Å². The van der Waals surface area contributed by atoms with Crippen molar-refractivity contribution in [2.75, 3.05) is 11.5 Å². The van der Waals surface area contributed by atoms with Gasteiger partial charge in [0.15, 0.2) is 0 Å². The highest BCUT2D eigenvalue weighted by Crippen LogP contribution is 2.70. The highest BCUT2D eigenvalue weighted by Gasteiger charge is 2.72. The van der Waals surface area contributed by atoms with E-state index in [0.29, 0.717) is 17.9 Å². The van der Waals surface area contributed by atoms with Crippen LogP contribution in [0, 0.1) is 11.8 Å². The number of hydrogen-bond acceptors (Lipinski definition) is 4. The lowest BCUT2D eigenvalue weighted by molar-refractivity contribution is -0.122. The smallest absolute Gasteiger partial charge is 0.338 e. The van der Waals surface area contributed by atoms with Gasteiger partial charge in [0.1, 0.15) is 0 Å². The zero-order chi connectivity index (χ0) is 27.4. The molecule has 7 rings (SSSR count). The number of unbranched alkanes of at least 4 members (excludes halogenated alkanes) is 4. The molecule has 1 fully saturated rings. The number of benzene rings is 3. The summed E-state index contributed by atoms with van der Waals surface area (Å²) in [5, 5.41) is 0. The molecule has 1 heterocycles. The molecule has 0 unspecified atom stereocenters. The molecule has 2 bridgehead atoms. The average Bonchev–Trinajstić information content (AvgIpc) is 3.24. The van der Waals surface area contributed by atoms with Crippen LogP contribution >= 0.6 is 31.9 Å². The molecule has 0 radical (unpaired) electrons. The Bertz CT molecular complexity index is 1350. The molecule has 1 aliphatic heterocycles. The van der Waals surface area contributed by atoms with Crippen LogP contribution in [0.25, 0.3) is 0 Å². The number of hydrogen-bond donors (Lipinski definition) is 0. The van der Waals surface area contributed by atoms with Crippen molar-refractivity contribution >= 4 is 55.3 Å². The van der Waals surface area contributed by atoms with Crippen molar-refractivity contribution in [1.29, 1.82) is 0 Å². The van der Waals surface area contributed by atoms with Crippen LogP contribution in [0.2, 0.25) is 0 Å². The Balaban J connectivity index is 1.30. The van der Waals surface area contributed by atoms with Crippen LogP contribution < -0.4 is 4.90 Å². The van der Waals surface area contributed by atoms with Gasteiger partial charge in [0.05, 0.1) is 38.3 Å². The molecule has 3 aromatic rings. The molecule has 3 aromatic carbocycles. The number of nitrogens with zero attached hydrogens (tertiary/aromatic N) is 1. The van der Waals surface area contributed by atoms with E-state index in [0.717, 1.165) is 41.5 Å². The van der Waals surface area contributed by atoms with E-state index in [9.17, 15) is 14.4 Å². The fourth-order valence-corrected chi connectivity index (χ4v) is 8.93. The number of rotatable bonds is 8. The third-order valence-corrected chi connectivity index (χ3v) is 11.1. The minimum Gasteiger partial charge on any atom is -0.462 e. The number of esters is 1. The highest BCUT2D eigenvalue weighted by atomic mass is 79.9. The fourth-order valence-electron chi connectivity index (χ4n) is 6.62. The van der Waals surface area contributed by atoms with Crippen molar-refractivity contribution < 1.29 is 19.1 Å². The number of carbonyl (C=O) groups excluding carboxylic acids is 3. The Labute approximate surface area is 245 Å². The minimum absolute atomic E-state index is 0.253. The Morgan fingerprint density at radius 3 is 1.67 bits per heavy atom. The lowest BCUT2D eigenvalue weighted by Gasteiger charge is -2.55. The molecule has 2 amide bonds. The largest absolute Gasteiger partial charge is 0.462 e. The molecule has 0 saturated carbocycles. The van der Waals surface area contributed by atoms with Crippen molar-refractivity contribution in [2.45, 2.75) is 47.7 Å². The minimum atomic E-state index is -0.831. The topological polar surface area (TPSA) is 63.7 Å². The SMILES string of the molecule is CCCCCCCOC(=O)c1ccc(N2C(=O)[C@H]3[C@H](C2=O)C2(Br)c4ccccc4C3(Br)c3ccccc32)cc1. The number of ether oxygens (including phenoxy) is 1. The normalized spacial score (nSPS) is 26.3. The predicted molar refractivity (Wildman–Crippen MR) is 157 cm³/mol. The molecular formula is C32H29Br2NO4. The third kappa shape index (κ3) is 3.80. The lowest BCUT2D eigenvalue weighted by Crippen LogP contribution is -2.56. The van der Waals surface area contributed by atoms with Gasteiger partial charge in [-0.15, -0.1) is 0 Å². The molecule has 5 nitrogen and oxygen atoms in total. The first-order valence-corrected chi connectivity index (χ1v) is 15.2. The average molecular weight is 651 g/mol. The van der Waals surface area contributed by atoms with E-state index in [2.05, 4.69) is 38.8 Å². The summed E-state index contributed by atoms with van der Waals surface area (Å²) in [6.45, 7) is 2.55. The molecule has 0 aromatic heterocycles. The van der Waals surface area contributed by atoms with E-state index < -0.39 is 26.5 Å². The maximum Gasteiger partial charge on any atom is 0.338 e. The molecule has 1 saturated heterocycles. The first kappa shape index (κ1) is 26.5. The molecule has 4 aliphatic rings. The van der Waals surface area contributed by atoms with Gasteiger partial charge >= 0.3 is 5.97 Å². The summed E-state index contributed by atoms with van der Waals surface area (Å²) in [5.74, 6) is -2.17. The van der Waals surface area contributed by atoms with Gasteiger partial charge in [-0.2, -0.15) is 0 Å². The van der Waals surface area contributed by atoms with Crippen molar-refractivity contribution in [2.24, 2.45) is 11.8 Å². The van der Waals surface area contributed by atoms with Gasteiger partial charge in [-0.05, 0) is 52.9 Å². The van der Waals surface area contributed by atoms with Crippen LogP contribution in [0.3, 0.4) is 0 Å². The van der Waals surface area contributed by atoms with E-state index in [4.69, 9.17) is 4.74 Å². The summed E-state index contributed by atoms with van der Waals surface area (Å²) in [6.07, 6.45) is 5.39. The Morgan fingerprint density at radius 1 is 0.744 bits per heavy atom. The summed E-state index contributed by atoms with van der Waals surface area (Å²) in [5.41, 5.74) is 4.85. The number of carbonyl (C=O) groups is 3. The van der Waals surface area contributed by atoms with Crippen LogP contribution in [0.15, 0.2) is 72.8 Å². The summed E-state index contributed by atoms with van der Waals surface area (Å²) < 4.78 is 3.77. The molecular weight excluding hydrogens is 622 g/mol. The molecule has 39 heavy (non-hydrogen) atoms. The second-order valence-corrected chi connectivity index (χ2v) is 13.1. The van der Waals surface area contributed by atoms with Gasteiger partial charge in [-0.3, -0.25) is 9.59 Å².